The number of hydrogen-bond donors (Lipinski definition) is 1. The molecule has 1 aliphatic rings. The monoisotopic (exact) mass is 271 g/mol. The molecule has 3 heteroatoms. The minimum atomic E-state index is 0.384. The van der Waals surface area contributed by atoms with Crippen molar-refractivity contribution in [3.8, 4) is 0 Å². The number of aromatic nitrogens is 2. The first kappa shape index (κ1) is 13.6. The molecule has 0 amide bonds. The summed E-state index contributed by atoms with van der Waals surface area (Å²) in [5.41, 5.74) is 2.78. The van der Waals surface area contributed by atoms with Crippen molar-refractivity contribution in [2.75, 3.05) is 0 Å². The van der Waals surface area contributed by atoms with Crippen LogP contribution in [0, 0.1) is 0 Å². The molecule has 0 unspecified atom stereocenters. The molecule has 1 aromatic carbocycles. The average molecular weight is 271 g/mol. The van der Waals surface area contributed by atoms with E-state index in [2.05, 4.69) is 48.0 Å². The maximum absolute atomic E-state index is 4.83. The van der Waals surface area contributed by atoms with Gasteiger partial charge in [-0.25, -0.2) is 4.98 Å². The van der Waals surface area contributed by atoms with Crippen LogP contribution in [-0.4, -0.2) is 15.1 Å². The van der Waals surface area contributed by atoms with E-state index in [-0.39, 0.29) is 0 Å². The van der Waals surface area contributed by atoms with Crippen molar-refractivity contribution in [2.24, 2.45) is 0 Å². The zero-order valence-corrected chi connectivity index (χ0v) is 12.7. The van der Waals surface area contributed by atoms with E-state index in [0.717, 1.165) is 25.0 Å². The SMILES string of the molecule is CCCn1c(CNC2(CC)CCC2)nc2ccccc21. The van der Waals surface area contributed by atoms with Gasteiger partial charge in [-0.3, -0.25) is 0 Å². The Morgan fingerprint density at radius 2 is 2.05 bits per heavy atom. The number of benzene rings is 1. The summed E-state index contributed by atoms with van der Waals surface area (Å²) in [4.78, 5) is 4.83. The highest BCUT2D eigenvalue weighted by Gasteiger charge is 2.34. The van der Waals surface area contributed by atoms with Crippen LogP contribution in [0.4, 0.5) is 0 Å². The molecule has 3 nitrogen and oxygen atoms in total. The second-order valence-corrected chi connectivity index (χ2v) is 6.01. The molecule has 20 heavy (non-hydrogen) atoms. The molecule has 1 heterocycles. The maximum Gasteiger partial charge on any atom is 0.123 e. The first-order valence-electron chi connectivity index (χ1n) is 7.97. The number of para-hydroxylation sites is 2. The second kappa shape index (κ2) is 5.57. The number of hydrogen-bond acceptors (Lipinski definition) is 2. The van der Waals surface area contributed by atoms with Crippen molar-refractivity contribution < 1.29 is 0 Å². The summed E-state index contributed by atoms with van der Waals surface area (Å²) < 4.78 is 2.38. The molecule has 1 fully saturated rings. The normalized spacial score (nSPS) is 17.3. The molecule has 0 atom stereocenters. The van der Waals surface area contributed by atoms with Crippen LogP contribution in [0.1, 0.15) is 51.8 Å². The molecular weight excluding hydrogens is 246 g/mol. The molecule has 0 spiro atoms. The molecule has 1 saturated carbocycles. The minimum absolute atomic E-state index is 0.384. The van der Waals surface area contributed by atoms with Crippen LogP contribution in [0.5, 0.6) is 0 Å². The molecule has 1 aliphatic carbocycles. The number of nitrogens with one attached hydrogen (secondary N) is 1. The van der Waals surface area contributed by atoms with Crippen LogP contribution < -0.4 is 5.32 Å². The molecule has 0 bridgehead atoms. The highest BCUT2D eigenvalue weighted by molar-refractivity contribution is 5.75. The Labute approximate surface area is 121 Å². The van der Waals surface area contributed by atoms with Gasteiger partial charge in [0.1, 0.15) is 5.82 Å². The third kappa shape index (κ3) is 2.35. The lowest BCUT2D eigenvalue weighted by Crippen LogP contribution is -2.50. The first-order chi connectivity index (χ1) is 9.78. The number of rotatable bonds is 6. The predicted octanol–water partition coefficient (Wildman–Crippen LogP) is 3.87. The molecule has 1 aromatic heterocycles. The van der Waals surface area contributed by atoms with Crippen molar-refractivity contribution in [3.05, 3.63) is 30.1 Å². The Hall–Kier alpha value is -1.35. The van der Waals surface area contributed by atoms with E-state index < -0.39 is 0 Å². The Kier molecular flexibility index (Phi) is 3.79. The van der Waals surface area contributed by atoms with Crippen molar-refractivity contribution in [1.82, 2.24) is 14.9 Å². The quantitative estimate of drug-likeness (QED) is 0.864. The Balaban J connectivity index is 1.84. The molecular formula is C17H25N3. The minimum Gasteiger partial charge on any atom is -0.327 e. The third-order valence-corrected chi connectivity index (χ3v) is 4.79. The van der Waals surface area contributed by atoms with Gasteiger partial charge in [0, 0.05) is 12.1 Å². The zero-order chi connectivity index (χ0) is 14.0. The number of nitrogens with zero attached hydrogens (tertiary/aromatic N) is 2. The van der Waals surface area contributed by atoms with Gasteiger partial charge in [-0.1, -0.05) is 26.0 Å². The van der Waals surface area contributed by atoms with Gasteiger partial charge in [0.2, 0.25) is 0 Å². The summed E-state index contributed by atoms with van der Waals surface area (Å²) in [5, 5.41) is 3.78. The maximum atomic E-state index is 4.83. The van der Waals surface area contributed by atoms with Crippen LogP contribution in [0.15, 0.2) is 24.3 Å². The fraction of sp³-hybridized carbons (Fsp3) is 0.588. The van der Waals surface area contributed by atoms with Crippen LogP contribution in [-0.2, 0) is 13.1 Å². The van der Waals surface area contributed by atoms with Crippen molar-refractivity contribution in [2.45, 2.75) is 64.6 Å². The van der Waals surface area contributed by atoms with Crippen LogP contribution in [0.3, 0.4) is 0 Å². The largest absolute Gasteiger partial charge is 0.327 e. The molecule has 1 N–H and O–H groups in total. The Morgan fingerprint density at radius 3 is 2.70 bits per heavy atom. The highest BCUT2D eigenvalue weighted by Crippen LogP contribution is 2.34. The fourth-order valence-corrected chi connectivity index (χ4v) is 3.26. The van der Waals surface area contributed by atoms with Gasteiger partial charge in [0.05, 0.1) is 17.6 Å². The summed E-state index contributed by atoms with van der Waals surface area (Å²) in [7, 11) is 0. The van der Waals surface area contributed by atoms with Gasteiger partial charge in [-0.05, 0) is 44.2 Å². The van der Waals surface area contributed by atoms with Gasteiger partial charge >= 0.3 is 0 Å². The van der Waals surface area contributed by atoms with E-state index >= 15 is 0 Å². The first-order valence-corrected chi connectivity index (χ1v) is 7.97. The van der Waals surface area contributed by atoms with Crippen molar-refractivity contribution in [1.29, 1.82) is 0 Å². The topological polar surface area (TPSA) is 29.9 Å². The van der Waals surface area contributed by atoms with E-state index in [9.17, 15) is 0 Å². The van der Waals surface area contributed by atoms with Crippen LogP contribution in [0.25, 0.3) is 11.0 Å². The lowest BCUT2D eigenvalue weighted by Gasteiger charge is -2.42. The molecule has 0 radical (unpaired) electrons. The molecule has 2 aromatic rings. The predicted molar refractivity (Wildman–Crippen MR) is 83.7 cm³/mol. The second-order valence-electron chi connectivity index (χ2n) is 6.01. The van der Waals surface area contributed by atoms with E-state index in [0.29, 0.717) is 5.54 Å². The van der Waals surface area contributed by atoms with E-state index in [1.165, 1.54) is 37.0 Å². The number of imidazole rings is 1. The van der Waals surface area contributed by atoms with Gasteiger partial charge in [0.15, 0.2) is 0 Å². The zero-order valence-electron chi connectivity index (χ0n) is 12.7. The highest BCUT2D eigenvalue weighted by atomic mass is 15.1. The summed E-state index contributed by atoms with van der Waals surface area (Å²) >= 11 is 0. The fourth-order valence-electron chi connectivity index (χ4n) is 3.26. The smallest absolute Gasteiger partial charge is 0.123 e. The van der Waals surface area contributed by atoms with Crippen molar-refractivity contribution in [3.63, 3.8) is 0 Å². The lowest BCUT2D eigenvalue weighted by molar-refractivity contribution is 0.173. The Morgan fingerprint density at radius 1 is 1.25 bits per heavy atom. The summed E-state index contributed by atoms with van der Waals surface area (Å²) in [6.45, 7) is 6.46. The van der Waals surface area contributed by atoms with E-state index in [1.807, 2.05) is 0 Å². The van der Waals surface area contributed by atoms with Gasteiger partial charge in [-0.2, -0.15) is 0 Å². The molecule has 0 saturated heterocycles. The Bertz CT molecular complexity index is 575. The molecule has 108 valence electrons. The van der Waals surface area contributed by atoms with Gasteiger partial charge in [-0.15, -0.1) is 0 Å². The summed E-state index contributed by atoms with van der Waals surface area (Å²) in [6.07, 6.45) is 6.37. The molecule has 3 rings (SSSR count). The summed E-state index contributed by atoms with van der Waals surface area (Å²) in [6, 6.07) is 8.47. The summed E-state index contributed by atoms with van der Waals surface area (Å²) in [5.74, 6) is 1.19. The van der Waals surface area contributed by atoms with Gasteiger partial charge < -0.3 is 9.88 Å². The van der Waals surface area contributed by atoms with Gasteiger partial charge in [0.25, 0.3) is 0 Å². The number of aryl methyl sites for hydroxylation is 1. The third-order valence-electron chi connectivity index (χ3n) is 4.79. The van der Waals surface area contributed by atoms with Crippen LogP contribution >= 0.6 is 0 Å². The van der Waals surface area contributed by atoms with E-state index in [4.69, 9.17) is 4.98 Å². The molecule has 0 aliphatic heterocycles. The van der Waals surface area contributed by atoms with E-state index in [1.54, 1.807) is 0 Å². The standard InChI is InChI=1S/C17H25N3/c1-3-12-20-15-9-6-5-8-14(15)19-16(20)13-18-17(4-2)10-7-11-17/h5-6,8-9,18H,3-4,7,10-13H2,1-2H3. The lowest BCUT2D eigenvalue weighted by atomic mass is 9.75. The number of fused-ring (bicyclic) bond motifs is 1. The van der Waals surface area contributed by atoms with Crippen molar-refractivity contribution >= 4 is 11.0 Å². The average Bonchev–Trinajstić information content (AvgIpc) is 2.77. The van der Waals surface area contributed by atoms with Crippen LogP contribution in [0.2, 0.25) is 0 Å².